The van der Waals surface area contributed by atoms with Crippen LogP contribution in [0.15, 0.2) is 0 Å². The molecule has 0 radical (unpaired) electrons. The van der Waals surface area contributed by atoms with Crippen LogP contribution in [0.25, 0.3) is 0 Å². The van der Waals surface area contributed by atoms with Crippen molar-refractivity contribution < 1.29 is 8.58 Å². The minimum Gasteiger partial charge on any atom is -0.582 e. The molecule has 0 heterocycles. The van der Waals surface area contributed by atoms with E-state index in [4.69, 9.17) is 4.12 Å². The van der Waals surface area contributed by atoms with Gasteiger partial charge in [-0.05, 0) is 19.6 Å². The maximum absolute atomic E-state index is 11.5. The summed E-state index contributed by atoms with van der Waals surface area (Å²) in [4.78, 5) is 0. The van der Waals surface area contributed by atoms with E-state index in [0.29, 0.717) is 0 Å². The van der Waals surface area contributed by atoms with E-state index in [1.807, 2.05) is 0 Å². The van der Waals surface area contributed by atoms with Crippen molar-refractivity contribution >= 4 is 24.4 Å². The lowest BCUT2D eigenvalue weighted by Crippen LogP contribution is -2.44. The maximum Gasteiger partial charge on any atom is 0.454 e. The molecule has 0 aliphatic rings. The van der Waals surface area contributed by atoms with Crippen LogP contribution in [0.3, 0.4) is 0 Å². The van der Waals surface area contributed by atoms with Crippen molar-refractivity contribution in [3.05, 3.63) is 0 Å². The Morgan fingerprint density at radius 1 is 1.00 bits per heavy atom. The third-order valence-electron chi connectivity index (χ3n) is 1.01. The first-order chi connectivity index (χ1) is 4.63. The lowest BCUT2D eigenvalue weighted by molar-refractivity contribution is 0.469. The largest absolute Gasteiger partial charge is 0.582 e. The van der Waals surface area contributed by atoms with Gasteiger partial charge in [0.1, 0.15) is 0 Å². The summed E-state index contributed by atoms with van der Waals surface area (Å²) >= 11 is 0. The molecule has 0 aromatic heterocycles. The Morgan fingerprint density at radius 3 is 1.45 bits per heavy atom. The molecule has 0 N–H and O–H groups in total. The van der Waals surface area contributed by atoms with Crippen LogP contribution < -0.4 is 0 Å². The fourth-order valence-corrected chi connectivity index (χ4v) is 9.39. The molecular weight excluding hydrogens is 188 g/mol. The Balaban J connectivity index is 4.11. The first-order valence-corrected chi connectivity index (χ1v) is 13.1. The van der Waals surface area contributed by atoms with E-state index in [9.17, 15) is 4.46 Å². The number of hydrogen-bond acceptors (Lipinski definition) is 2. The second kappa shape index (κ2) is 3.32. The van der Waals surface area contributed by atoms with Gasteiger partial charge < -0.3 is 8.58 Å². The van der Waals surface area contributed by atoms with Crippen LogP contribution in [0.1, 0.15) is 0 Å². The molecule has 0 saturated heterocycles. The van der Waals surface area contributed by atoms with Crippen LogP contribution >= 0.6 is 0 Å². The SMILES string of the molecule is C[Si](C)(C)O[Si](=O)[Si](C)(C)C. The highest BCUT2D eigenvalue weighted by molar-refractivity contribution is 7.24. The van der Waals surface area contributed by atoms with E-state index in [1.54, 1.807) is 0 Å². The zero-order valence-electron chi connectivity index (χ0n) is 8.32. The molecule has 0 aliphatic heterocycles. The van der Waals surface area contributed by atoms with Gasteiger partial charge in [-0.2, -0.15) is 0 Å². The van der Waals surface area contributed by atoms with Crippen LogP contribution in [0.5, 0.6) is 0 Å². The highest BCUT2D eigenvalue weighted by atomic mass is 29.2. The molecule has 0 fully saturated rings. The van der Waals surface area contributed by atoms with Gasteiger partial charge in [0.15, 0.2) is 7.59 Å². The average molecular weight is 206 g/mol. The van der Waals surface area contributed by atoms with E-state index in [2.05, 4.69) is 39.3 Å². The Labute approximate surface area is 72.7 Å². The molecule has 0 atom stereocenters. The van der Waals surface area contributed by atoms with Crippen molar-refractivity contribution in [1.29, 1.82) is 0 Å². The quantitative estimate of drug-likeness (QED) is 0.662. The third kappa shape index (κ3) is 5.51. The summed E-state index contributed by atoms with van der Waals surface area (Å²) in [5.41, 5.74) is 0. The second-order valence-corrected chi connectivity index (χ2v) is 20.6. The van der Waals surface area contributed by atoms with Gasteiger partial charge in [-0.25, -0.2) is 0 Å². The molecule has 5 heteroatoms. The van der Waals surface area contributed by atoms with Gasteiger partial charge in [0.05, 0.1) is 0 Å². The van der Waals surface area contributed by atoms with Crippen LogP contribution in [-0.2, 0) is 8.58 Å². The highest BCUT2D eigenvalue weighted by Gasteiger charge is 2.33. The normalized spacial score (nSPS) is 12.9. The number of hydrogen-bond donors (Lipinski definition) is 0. The zero-order chi connectivity index (χ0) is 9.28. The minimum absolute atomic E-state index is 1.51. The van der Waals surface area contributed by atoms with Gasteiger partial charge in [-0.3, -0.25) is 0 Å². The van der Waals surface area contributed by atoms with Crippen molar-refractivity contribution in [2.45, 2.75) is 39.3 Å². The Bertz CT molecular complexity index is 154. The van der Waals surface area contributed by atoms with Crippen molar-refractivity contribution in [3.63, 3.8) is 0 Å². The number of rotatable bonds is 3. The molecular formula is C6H18O2Si3. The molecule has 0 bridgehead atoms. The molecule has 2 nitrogen and oxygen atoms in total. The summed E-state index contributed by atoms with van der Waals surface area (Å²) in [7, 11) is -4.79. The molecule has 0 amide bonds. The van der Waals surface area contributed by atoms with Crippen LogP contribution in [0, 0.1) is 0 Å². The molecule has 0 rings (SSSR count). The molecule has 11 heavy (non-hydrogen) atoms. The molecule has 0 aliphatic carbocycles. The van der Waals surface area contributed by atoms with Gasteiger partial charge in [0, 0.05) is 0 Å². The monoisotopic (exact) mass is 206 g/mol. The first-order valence-electron chi connectivity index (χ1n) is 3.86. The summed E-state index contributed by atoms with van der Waals surface area (Å²) in [5, 5.41) is 0. The summed E-state index contributed by atoms with van der Waals surface area (Å²) in [6.07, 6.45) is 0. The van der Waals surface area contributed by atoms with Crippen LogP contribution in [0.4, 0.5) is 0 Å². The predicted molar refractivity (Wildman–Crippen MR) is 54.2 cm³/mol. The standard InChI is InChI=1S/C6H18O2Si3/c1-10(2,3)8-9(7)11(4,5)6/h1-6H3. The van der Waals surface area contributed by atoms with Gasteiger partial charge in [-0.15, -0.1) is 0 Å². The van der Waals surface area contributed by atoms with Crippen molar-refractivity contribution in [1.82, 2.24) is 0 Å². The summed E-state index contributed by atoms with van der Waals surface area (Å²) in [6.45, 7) is 12.5. The van der Waals surface area contributed by atoms with Gasteiger partial charge in [0.2, 0.25) is 8.32 Å². The fraction of sp³-hybridized carbons (Fsp3) is 1.00. The smallest absolute Gasteiger partial charge is 0.454 e. The van der Waals surface area contributed by atoms with E-state index >= 15 is 0 Å². The molecule has 0 saturated carbocycles. The van der Waals surface area contributed by atoms with Gasteiger partial charge >= 0.3 is 8.44 Å². The van der Waals surface area contributed by atoms with E-state index in [0.717, 1.165) is 0 Å². The lowest BCUT2D eigenvalue weighted by atomic mass is 11.8. The van der Waals surface area contributed by atoms with Crippen molar-refractivity contribution in [2.75, 3.05) is 0 Å². The van der Waals surface area contributed by atoms with Crippen LogP contribution in [-0.4, -0.2) is 24.4 Å². The second-order valence-electron chi connectivity index (χ2n) is 4.75. The van der Waals surface area contributed by atoms with Crippen LogP contribution in [0.2, 0.25) is 39.3 Å². The molecule has 0 unspecified atom stereocenters. The lowest BCUT2D eigenvalue weighted by Gasteiger charge is -2.22. The topological polar surface area (TPSA) is 26.3 Å². The fourth-order valence-electron chi connectivity index (χ4n) is 0.431. The summed E-state index contributed by atoms with van der Waals surface area (Å²) < 4.78 is 17.1. The van der Waals surface area contributed by atoms with Crippen molar-refractivity contribution in [2.24, 2.45) is 0 Å². The van der Waals surface area contributed by atoms with E-state index in [-0.39, 0.29) is 0 Å². The summed E-state index contributed by atoms with van der Waals surface area (Å²) in [5.74, 6) is 0. The van der Waals surface area contributed by atoms with Gasteiger partial charge in [0.25, 0.3) is 0 Å². The maximum atomic E-state index is 11.5. The minimum atomic E-state index is -1.71. The molecule has 0 aromatic rings. The molecule has 0 spiro atoms. The molecule has 0 aromatic carbocycles. The van der Waals surface area contributed by atoms with Crippen molar-refractivity contribution in [3.8, 4) is 0 Å². The van der Waals surface area contributed by atoms with E-state index in [1.165, 1.54) is 0 Å². The van der Waals surface area contributed by atoms with E-state index < -0.39 is 24.4 Å². The Hall–Kier alpha value is 0.251. The van der Waals surface area contributed by atoms with Gasteiger partial charge in [-0.1, -0.05) is 19.6 Å². The summed E-state index contributed by atoms with van der Waals surface area (Å²) in [6, 6.07) is 0. The predicted octanol–water partition coefficient (Wildman–Crippen LogP) is 2.17. The third-order valence-corrected chi connectivity index (χ3v) is 10.0. The Morgan fingerprint density at radius 2 is 1.36 bits per heavy atom. The average Bonchev–Trinajstić information content (AvgIpc) is 1.56. The highest BCUT2D eigenvalue weighted by Crippen LogP contribution is 2.08. The molecule has 66 valence electrons. The Kier molecular flexibility index (Phi) is 3.40. The first kappa shape index (κ1) is 11.3. The zero-order valence-corrected chi connectivity index (χ0v) is 11.3.